The Morgan fingerprint density at radius 3 is 2.33 bits per heavy atom. The first-order valence-electron chi connectivity index (χ1n) is 5.42. The van der Waals surface area contributed by atoms with Gasteiger partial charge in [0.25, 0.3) is 0 Å². The van der Waals surface area contributed by atoms with Gasteiger partial charge in [-0.15, -0.1) is 6.58 Å². The molecule has 0 bridgehead atoms. The van der Waals surface area contributed by atoms with Crippen molar-refractivity contribution >= 4 is 5.97 Å². The Bertz CT molecular complexity index is 409. The summed E-state index contributed by atoms with van der Waals surface area (Å²) in [6, 6.07) is 4.19. The van der Waals surface area contributed by atoms with E-state index in [9.17, 15) is 9.90 Å². The van der Waals surface area contributed by atoms with Gasteiger partial charge in [-0.3, -0.25) is 10.1 Å². The van der Waals surface area contributed by atoms with Crippen molar-refractivity contribution in [1.29, 1.82) is 0 Å². The molecule has 0 heterocycles. The second kappa shape index (κ2) is 6.66. The summed E-state index contributed by atoms with van der Waals surface area (Å²) in [6.45, 7) is 3.95. The van der Waals surface area contributed by atoms with E-state index >= 15 is 0 Å². The number of hydrogen-bond acceptors (Lipinski definition) is 4. The average molecular weight is 251 g/mol. The normalized spacial score (nSPS) is 11.7. The second-order valence-electron chi connectivity index (χ2n) is 3.61. The van der Waals surface area contributed by atoms with Crippen LogP contribution in [0.2, 0.25) is 0 Å². The monoisotopic (exact) mass is 251 g/mol. The number of hydrogen-bond donors (Lipinski definition) is 2. The molecule has 0 aromatic heterocycles. The molecular formula is C13H17NO4. The Morgan fingerprint density at radius 1 is 1.39 bits per heavy atom. The molecule has 0 aliphatic carbocycles. The smallest absolute Gasteiger partial charge is 0.325 e. The molecule has 5 heteroatoms. The van der Waals surface area contributed by atoms with E-state index in [1.807, 2.05) is 0 Å². The fourth-order valence-corrected chi connectivity index (χ4v) is 1.55. The average Bonchev–Trinajstić information content (AvgIpc) is 2.38. The summed E-state index contributed by atoms with van der Waals surface area (Å²) >= 11 is 0. The van der Waals surface area contributed by atoms with Crippen LogP contribution in [0, 0.1) is 0 Å². The van der Waals surface area contributed by atoms with Crippen LogP contribution < -0.4 is 14.8 Å². The minimum atomic E-state index is -0.966. The number of aliphatic carboxylic acids is 1. The highest BCUT2D eigenvalue weighted by molar-refractivity contribution is 5.76. The predicted octanol–water partition coefficient (Wildman–Crippen LogP) is 1.61. The van der Waals surface area contributed by atoms with Crippen LogP contribution in [0.25, 0.3) is 0 Å². The number of carbonyl (C=O) groups is 1. The maximum Gasteiger partial charge on any atom is 0.325 e. The topological polar surface area (TPSA) is 67.8 Å². The summed E-state index contributed by atoms with van der Waals surface area (Å²) in [7, 11) is 3.04. The summed E-state index contributed by atoms with van der Waals surface area (Å²) in [5.41, 5.74) is 0.570. The molecule has 0 aliphatic heterocycles. The highest BCUT2D eigenvalue weighted by Crippen LogP contribution is 2.26. The second-order valence-corrected chi connectivity index (χ2v) is 3.61. The minimum absolute atomic E-state index is 0.399. The van der Waals surface area contributed by atoms with Crippen LogP contribution in [0.5, 0.6) is 11.5 Å². The lowest BCUT2D eigenvalue weighted by atomic mass is 10.1. The lowest BCUT2D eigenvalue weighted by Crippen LogP contribution is -2.28. The molecule has 0 spiro atoms. The molecule has 0 saturated heterocycles. The summed E-state index contributed by atoms with van der Waals surface area (Å²) in [5.74, 6) is 0.138. The largest absolute Gasteiger partial charge is 0.497 e. The Morgan fingerprint density at radius 2 is 1.94 bits per heavy atom. The number of ether oxygens (including phenoxy) is 2. The van der Waals surface area contributed by atoms with E-state index in [1.165, 1.54) is 14.2 Å². The summed E-state index contributed by atoms with van der Waals surface area (Å²) in [4.78, 5) is 11.2. The third-order valence-electron chi connectivity index (χ3n) is 2.42. The van der Waals surface area contributed by atoms with E-state index in [-0.39, 0.29) is 0 Å². The van der Waals surface area contributed by atoms with Crippen LogP contribution >= 0.6 is 0 Å². The Kier molecular flexibility index (Phi) is 5.20. The van der Waals surface area contributed by atoms with Crippen LogP contribution in [-0.2, 0) is 4.79 Å². The molecule has 1 rings (SSSR count). The maximum atomic E-state index is 11.2. The first-order valence-corrected chi connectivity index (χ1v) is 5.42. The SMILES string of the molecule is C=CCNC(C(=O)O)c1cc(OC)cc(OC)c1. The molecule has 0 saturated carbocycles. The number of methoxy groups -OCH3 is 2. The fraction of sp³-hybridized carbons (Fsp3) is 0.308. The Labute approximate surface area is 106 Å². The van der Waals surface area contributed by atoms with E-state index in [0.29, 0.717) is 23.6 Å². The van der Waals surface area contributed by atoms with Crippen molar-refractivity contribution in [3.05, 3.63) is 36.4 Å². The molecule has 1 aromatic rings. The van der Waals surface area contributed by atoms with Gasteiger partial charge < -0.3 is 14.6 Å². The van der Waals surface area contributed by atoms with Gasteiger partial charge in [-0.2, -0.15) is 0 Å². The third kappa shape index (κ3) is 3.49. The van der Waals surface area contributed by atoms with Gasteiger partial charge in [0.1, 0.15) is 17.5 Å². The molecule has 0 aliphatic rings. The first-order chi connectivity index (χ1) is 8.62. The molecule has 1 unspecified atom stereocenters. The number of carboxylic acids is 1. The van der Waals surface area contributed by atoms with E-state index < -0.39 is 12.0 Å². The molecule has 98 valence electrons. The van der Waals surface area contributed by atoms with Crippen molar-refractivity contribution in [2.75, 3.05) is 20.8 Å². The van der Waals surface area contributed by atoms with Crippen LogP contribution in [0.1, 0.15) is 11.6 Å². The third-order valence-corrected chi connectivity index (χ3v) is 2.42. The zero-order valence-corrected chi connectivity index (χ0v) is 10.5. The standard InChI is InChI=1S/C13H17NO4/c1-4-5-14-12(13(15)16)9-6-10(17-2)8-11(7-9)18-3/h4,6-8,12,14H,1,5H2,2-3H3,(H,15,16). The number of carboxylic acid groups (broad SMARTS) is 1. The Hall–Kier alpha value is -2.01. The summed E-state index contributed by atoms with van der Waals surface area (Å²) < 4.78 is 10.2. The van der Waals surface area contributed by atoms with Crippen LogP contribution in [0.4, 0.5) is 0 Å². The van der Waals surface area contributed by atoms with Crippen LogP contribution in [0.3, 0.4) is 0 Å². The molecule has 18 heavy (non-hydrogen) atoms. The molecular weight excluding hydrogens is 234 g/mol. The van der Waals surface area contributed by atoms with Crippen molar-refractivity contribution in [3.63, 3.8) is 0 Å². The fourth-order valence-electron chi connectivity index (χ4n) is 1.55. The van der Waals surface area contributed by atoms with Gasteiger partial charge in [-0.1, -0.05) is 6.08 Å². The van der Waals surface area contributed by atoms with Gasteiger partial charge >= 0.3 is 5.97 Å². The highest BCUT2D eigenvalue weighted by Gasteiger charge is 2.20. The summed E-state index contributed by atoms with van der Waals surface area (Å²) in [6.07, 6.45) is 1.60. The van der Waals surface area contributed by atoms with Crippen molar-refractivity contribution in [1.82, 2.24) is 5.32 Å². The van der Waals surface area contributed by atoms with Crippen LogP contribution in [-0.4, -0.2) is 31.8 Å². The lowest BCUT2D eigenvalue weighted by molar-refractivity contribution is -0.139. The molecule has 1 aromatic carbocycles. The van der Waals surface area contributed by atoms with Gasteiger partial charge in [-0.05, 0) is 17.7 Å². The number of benzene rings is 1. The van der Waals surface area contributed by atoms with E-state index in [4.69, 9.17) is 9.47 Å². The minimum Gasteiger partial charge on any atom is -0.497 e. The van der Waals surface area contributed by atoms with Crippen LogP contribution in [0.15, 0.2) is 30.9 Å². The lowest BCUT2D eigenvalue weighted by Gasteiger charge is -2.15. The van der Waals surface area contributed by atoms with Gasteiger partial charge in [0.05, 0.1) is 14.2 Å². The Balaban J connectivity index is 3.09. The summed E-state index contributed by atoms with van der Waals surface area (Å²) in [5, 5.41) is 12.1. The number of rotatable bonds is 7. The van der Waals surface area contributed by atoms with Gasteiger partial charge in [-0.25, -0.2) is 0 Å². The molecule has 0 amide bonds. The molecule has 0 radical (unpaired) electrons. The van der Waals surface area contributed by atoms with E-state index in [2.05, 4.69) is 11.9 Å². The van der Waals surface area contributed by atoms with E-state index in [1.54, 1.807) is 24.3 Å². The molecule has 2 N–H and O–H groups in total. The molecule has 0 fully saturated rings. The molecule has 5 nitrogen and oxygen atoms in total. The van der Waals surface area contributed by atoms with Gasteiger partial charge in [0.2, 0.25) is 0 Å². The predicted molar refractivity (Wildman–Crippen MR) is 68.1 cm³/mol. The quantitative estimate of drug-likeness (QED) is 0.720. The first kappa shape index (κ1) is 14.1. The van der Waals surface area contributed by atoms with Gasteiger partial charge in [0.15, 0.2) is 0 Å². The van der Waals surface area contributed by atoms with E-state index in [0.717, 1.165) is 0 Å². The maximum absolute atomic E-state index is 11.2. The zero-order chi connectivity index (χ0) is 13.5. The van der Waals surface area contributed by atoms with Crippen molar-refractivity contribution < 1.29 is 19.4 Å². The number of nitrogens with one attached hydrogen (secondary N) is 1. The van der Waals surface area contributed by atoms with Crippen molar-refractivity contribution in [3.8, 4) is 11.5 Å². The van der Waals surface area contributed by atoms with Gasteiger partial charge in [0, 0.05) is 12.6 Å². The molecule has 1 atom stereocenters. The van der Waals surface area contributed by atoms with Crippen molar-refractivity contribution in [2.45, 2.75) is 6.04 Å². The zero-order valence-electron chi connectivity index (χ0n) is 10.5. The highest BCUT2D eigenvalue weighted by atomic mass is 16.5. The van der Waals surface area contributed by atoms with Crippen molar-refractivity contribution in [2.24, 2.45) is 0 Å².